The van der Waals surface area contributed by atoms with E-state index in [1.807, 2.05) is 42.5 Å². The van der Waals surface area contributed by atoms with E-state index in [9.17, 15) is 9.59 Å². The molecule has 34 heavy (non-hydrogen) atoms. The zero-order valence-electron chi connectivity index (χ0n) is 19.6. The number of likely N-dealkylation sites (N-methyl/N-ethyl adjacent to an activating group) is 1. The van der Waals surface area contributed by atoms with Gasteiger partial charge in [0.05, 0.1) is 11.3 Å². The minimum Gasteiger partial charge on any atom is -0.352 e. The molecule has 0 spiro atoms. The SMILES string of the molecule is CCC(CN(C)Cc1ccccc1)NC(=O)CCN1C(=O)c2cccnc2Sc2ccccc21. The van der Waals surface area contributed by atoms with Crippen LogP contribution >= 0.6 is 11.8 Å². The van der Waals surface area contributed by atoms with E-state index >= 15 is 0 Å². The van der Waals surface area contributed by atoms with Gasteiger partial charge in [0.1, 0.15) is 5.03 Å². The van der Waals surface area contributed by atoms with Gasteiger partial charge in [0.25, 0.3) is 5.91 Å². The van der Waals surface area contributed by atoms with Gasteiger partial charge in [0.15, 0.2) is 0 Å². The van der Waals surface area contributed by atoms with Crippen LogP contribution in [0.15, 0.2) is 82.8 Å². The monoisotopic (exact) mass is 474 g/mol. The van der Waals surface area contributed by atoms with Crippen LogP contribution in [0.1, 0.15) is 35.7 Å². The molecule has 4 rings (SSSR count). The van der Waals surface area contributed by atoms with Crippen molar-refractivity contribution in [2.45, 2.75) is 42.3 Å². The maximum Gasteiger partial charge on any atom is 0.261 e. The minimum absolute atomic E-state index is 0.0476. The number of amides is 2. The summed E-state index contributed by atoms with van der Waals surface area (Å²) in [4.78, 5) is 35.5. The van der Waals surface area contributed by atoms with Crippen LogP contribution in [0.5, 0.6) is 0 Å². The molecule has 0 saturated heterocycles. The van der Waals surface area contributed by atoms with Gasteiger partial charge in [-0.25, -0.2) is 4.98 Å². The van der Waals surface area contributed by atoms with Crippen LogP contribution in [0, 0.1) is 0 Å². The lowest BCUT2D eigenvalue weighted by Crippen LogP contribution is -2.43. The first-order valence-corrected chi connectivity index (χ1v) is 12.4. The van der Waals surface area contributed by atoms with Crippen molar-refractivity contribution in [3.05, 3.63) is 84.1 Å². The van der Waals surface area contributed by atoms with Gasteiger partial charge >= 0.3 is 0 Å². The highest BCUT2D eigenvalue weighted by Gasteiger charge is 2.28. The second-order valence-corrected chi connectivity index (χ2v) is 9.52. The van der Waals surface area contributed by atoms with E-state index < -0.39 is 0 Å². The molecule has 0 radical (unpaired) electrons. The summed E-state index contributed by atoms with van der Waals surface area (Å²) in [5.74, 6) is -0.170. The Labute approximate surface area is 205 Å². The number of nitrogens with one attached hydrogen (secondary N) is 1. The van der Waals surface area contributed by atoms with Gasteiger partial charge in [-0.15, -0.1) is 0 Å². The maximum absolute atomic E-state index is 13.3. The highest BCUT2D eigenvalue weighted by Crippen LogP contribution is 2.40. The van der Waals surface area contributed by atoms with Gasteiger partial charge in [-0.3, -0.25) is 9.59 Å². The number of para-hydroxylation sites is 1. The Balaban J connectivity index is 1.39. The third-order valence-corrected chi connectivity index (χ3v) is 6.94. The van der Waals surface area contributed by atoms with E-state index in [1.54, 1.807) is 23.2 Å². The van der Waals surface area contributed by atoms with Gasteiger partial charge < -0.3 is 15.1 Å². The number of nitrogens with zero attached hydrogens (tertiary/aromatic N) is 3. The summed E-state index contributed by atoms with van der Waals surface area (Å²) in [6.45, 7) is 3.99. The second-order valence-electron chi connectivity index (χ2n) is 8.49. The Morgan fingerprint density at radius 3 is 2.65 bits per heavy atom. The Hall–Kier alpha value is -3.16. The first-order chi connectivity index (χ1) is 16.5. The molecule has 2 heterocycles. The molecule has 1 aliphatic rings. The van der Waals surface area contributed by atoms with Crippen molar-refractivity contribution in [1.29, 1.82) is 0 Å². The summed E-state index contributed by atoms with van der Waals surface area (Å²) in [7, 11) is 2.07. The average Bonchev–Trinajstić information content (AvgIpc) is 2.97. The molecule has 7 heteroatoms. The lowest BCUT2D eigenvalue weighted by molar-refractivity contribution is -0.121. The Kier molecular flexibility index (Phi) is 7.98. The van der Waals surface area contributed by atoms with Crippen molar-refractivity contribution in [3.8, 4) is 0 Å². The zero-order valence-corrected chi connectivity index (χ0v) is 20.4. The van der Waals surface area contributed by atoms with Crippen molar-refractivity contribution >= 4 is 29.3 Å². The fourth-order valence-corrected chi connectivity index (χ4v) is 5.12. The lowest BCUT2D eigenvalue weighted by atomic mass is 10.1. The van der Waals surface area contributed by atoms with E-state index in [2.05, 4.69) is 41.3 Å². The van der Waals surface area contributed by atoms with Gasteiger partial charge in [-0.1, -0.05) is 61.2 Å². The predicted octanol–water partition coefficient (Wildman–Crippen LogP) is 4.61. The number of aromatic nitrogens is 1. The molecular formula is C27H30N4O2S. The van der Waals surface area contributed by atoms with Crippen LogP contribution in [0.3, 0.4) is 0 Å². The fraction of sp³-hybridized carbons (Fsp3) is 0.296. The van der Waals surface area contributed by atoms with E-state index in [0.29, 0.717) is 17.1 Å². The molecule has 1 aromatic heterocycles. The fourth-order valence-electron chi connectivity index (χ4n) is 4.11. The van der Waals surface area contributed by atoms with Gasteiger partial charge in [0.2, 0.25) is 5.91 Å². The van der Waals surface area contributed by atoms with Gasteiger partial charge in [-0.05, 0) is 43.3 Å². The molecule has 2 aromatic carbocycles. The first-order valence-electron chi connectivity index (χ1n) is 11.6. The summed E-state index contributed by atoms with van der Waals surface area (Å²) in [6.07, 6.45) is 2.77. The van der Waals surface area contributed by atoms with E-state index in [4.69, 9.17) is 0 Å². The maximum atomic E-state index is 13.3. The third kappa shape index (κ3) is 5.85. The smallest absolute Gasteiger partial charge is 0.261 e. The van der Waals surface area contributed by atoms with Gasteiger partial charge in [-0.2, -0.15) is 0 Å². The molecule has 1 unspecified atom stereocenters. The number of hydrogen-bond acceptors (Lipinski definition) is 5. The highest BCUT2D eigenvalue weighted by atomic mass is 32.2. The number of fused-ring (bicyclic) bond motifs is 2. The number of hydrogen-bond donors (Lipinski definition) is 1. The van der Waals surface area contributed by atoms with Crippen LogP contribution in [-0.2, 0) is 11.3 Å². The zero-order chi connectivity index (χ0) is 23.9. The molecule has 0 saturated carbocycles. The largest absolute Gasteiger partial charge is 0.352 e. The molecule has 6 nitrogen and oxygen atoms in total. The molecule has 0 fully saturated rings. The number of carbonyl (C=O) groups excluding carboxylic acids is 2. The summed E-state index contributed by atoms with van der Waals surface area (Å²) in [6, 6.07) is 21.7. The molecule has 1 N–H and O–H groups in total. The average molecular weight is 475 g/mol. The molecule has 0 aliphatic carbocycles. The number of anilines is 1. The normalized spacial score (nSPS) is 13.7. The molecule has 2 amide bonds. The number of benzene rings is 2. The van der Waals surface area contributed by atoms with Crippen molar-refractivity contribution < 1.29 is 9.59 Å². The van der Waals surface area contributed by atoms with E-state index in [1.165, 1.54) is 17.3 Å². The summed E-state index contributed by atoms with van der Waals surface area (Å²) >= 11 is 1.49. The first kappa shape index (κ1) is 24.0. The van der Waals surface area contributed by atoms with Crippen molar-refractivity contribution in [3.63, 3.8) is 0 Å². The van der Waals surface area contributed by atoms with Crippen molar-refractivity contribution in [2.24, 2.45) is 0 Å². The standard InChI is InChI=1S/C27H30N4O2S/c1-3-21(19-30(2)18-20-10-5-4-6-11-20)29-25(32)15-17-31-23-13-7-8-14-24(23)34-26-22(27(31)33)12-9-16-28-26/h4-14,16,21H,3,15,17-19H2,1-2H3,(H,29,32). The quantitative estimate of drug-likeness (QED) is 0.491. The molecule has 1 aliphatic heterocycles. The van der Waals surface area contributed by atoms with Crippen LogP contribution in [0.25, 0.3) is 0 Å². The molecule has 0 bridgehead atoms. The topological polar surface area (TPSA) is 65.5 Å². The summed E-state index contributed by atoms with van der Waals surface area (Å²) < 4.78 is 0. The number of rotatable bonds is 9. The lowest BCUT2D eigenvalue weighted by Gasteiger charge is -2.26. The number of carbonyl (C=O) groups is 2. The van der Waals surface area contributed by atoms with Crippen molar-refractivity contribution in [1.82, 2.24) is 15.2 Å². The Bertz CT molecular complexity index is 1140. The van der Waals surface area contributed by atoms with Crippen LogP contribution in [0.4, 0.5) is 5.69 Å². The Morgan fingerprint density at radius 1 is 1.09 bits per heavy atom. The second kappa shape index (κ2) is 11.3. The predicted molar refractivity (Wildman–Crippen MR) is 136 cm³/mol. The molecule has 3 aromatic rings. The third-order valence-electron chi connectivity index (χ3n) is 5.86. The molecular weight excluding hydrogens is 444 g/mol. The summed E-state index contributed by atoms with van der Waals surface area (Å²) in [5.41, 5.74) is 2.63. The summed E-state index contributed by atoms with van der Waals surface area (Å²) in [5, 5.41) is 3.85. The Morgan fingerprint density at radius 2 is 1.85 bits per heavy atom. The van der Waals surface area contributed by atoms with E-state index in [0.717, 1.165) is 30.1 Å². The molecule has 1 atom stereocenters. The van der Waals surface area contributed by atoms with Crippen LogP contribution in [-0.4, -0.2) is 47.9 Å². The van der Waals surface area contributed by atoms with Crippen LogP contribution in [0.2, 0.25) is 0 Å². The van der Waals surface area contributed by atoms with E-state index in [-0.39, 0.29) is 24.3 Å². The highest BCUT2D eigenvalue weighted by molar-refractivity contribution is 7.99. The van der Waals surface area contributed by atoms with Gasteiger partial charge in [0, 0.05) is 43.2 Å². The van der Waals surface area contributed by atoms with Crippen LogP contribution < -0.4 is 10.2 Å². The minimum atomic E-state index is -0.122. The van der Waals surface area contributed by atoms with Crippen molar-refractivity contribution in [2.75, 3.05) is 25.0 Å². The number of pyridine rings is 1. The molecule has 176 valence electrons.